The minimum absolute atomic E-state index is 0.0351. The second-order valence-corrected chi connectivity index (χ2v) is 5.92. The van der Waals surface area contributed by atoms with E-state index in [1.807, 2.05) is 0 Å². The van der Waals surface area contributed by atoms with Crippen molar-refractivity contribution in [1.82, 2.24) is 14.9 Å². The lowest BCUT2D eigenvalue weighted by Gasteiger charge is -2.06. The van der Waals surface area contributed by atoms with E-state index in [1.165, 1.54) is 6.07 Å². The van der Waals surface area contributed by atoms with E-state index in [0.717, 1.165) is 17.5 Å². The second-order valence-electron chi connectivity index (χ2n) is 4.15. The van der Waals surface area contributed by atoms with Crippen LogP contribution in [0.25, 0.3) is 0 Å². The quantitative estimate of drug-likeness (QED) is 0.779. The van der Waals surface area contributed by atoms with Crippen molar-refractivity contribution in [2.24, 2.45) is 5.73 Å². The van der Waals surface area contributed by atoms with Crippen LogP contribution in [-0.4, -0.2) is 25.1 Å². The molecular formula is C13H14N4O3S. The SMILES string of the molecule is Cc1cc(S(=O)(=O)NCc2ncon2)ccc1C#CCN. The summed E-state index contributed by atoms with van der Waals surface area (Å²) in [7, 11) is -3.64. The highest BCUT2D eigenvalue weighted by atomic mass is 32.2. The van der Waals surface area contributed by atoms with Gasteiger partial charge in [-0.05, 0) is 30.7 Å². The number of sulfonamides is 1. The average molecular weight is 306 g/mol. The molecule has 110 valence electrons. The van der Waals surface area contributed by atoms with Crippen LogP contribution in [0.5, 0.6) is 0 Å². The first kappa shape index (κ1) is 15.2. The minimum atomic E-state index is -3.64. The number of nitrogens with one attached hydrogen (secondary N) is 1. The smallest absolute Gasteiger partial charge is 0.240 e. The number of hydrogen-bond acceptors (Lipinski definition) is 6. The molecule has 1 aromatic carbocycles. The molecule has 0 saturated heterocycles. The molecule has 0 saturated carbocycles. The van der Waals surface area contributed by atoms with E-state index in [4.69, 9.17) is 5.73 Å². The summed E-state index contributed by atoms with van der Waals surface area (Å²) >= 11 is 0. The van der Waals surface area contributed by atoms with Crippen molar-refractivity contribution in [3.05, 3.63) is 41.5 Å². The van der Waals surface area contributed by atoms with Gasteiger partial charge in [0, 0.05) is 5.56 Å². The van der Waals surface area contributed by atoms with Crippen LogP contribution in [0.4, 0.5) is 0 Å². The number of aryl methyl sites for hydroxylation is 1. The van der Waals surface area contributed by atoms with Gasteiger partial charge in [-0.1, -0.05) is 17.0 Å². The highest BCUT2D eigenvalue weighted by Crippen LogP contribution is 2.15. The molecule has 2 rings (SSSR count). The van der Waals surface area contributed by atoms with Crippen LogP contribution in [0.2, 0.25) is 0 Å². The molecule has 0 fully saturated rings. The zero-order chi connectivity index (χ0) is 15.3. The summed E-state index contributed by atoms with van der Waals surface area (Å²) in [5.41, 5.74) is 6.82. The van der Waals surface area contributed by atoms with E-state index in [2.05, 4.69) is 31.2 Å². The van der Waals surface area contributed by atoms with Crippen LogP contribution in [0.1, 0.15) is 17.0 Å². The molecule has 0 radical (unpaired) electrons. The molecule has 1 heterocycles. The second kappa shape index (κ2) is 6.49. The summed E-state index contributed by atoms with van der Waals surface area (Å²) in [6.45, 7) is 2.01. The first-order valence-corrected chi connectivity index (χ1v) is 7.56. The van der Waals surface area contributed by atoms with Crippen molar-refractivity contribution in [3.8, 4) is 11.8 Å². The third kappa shape index (κ3) is 3.88. The molecule has 8 heteroatoms. The molecule has 1 aromatic heterocycles. The number of nitrogens with two attached hydrogens (primary N) is 1. The van der Waals surface area contributed by atoms with E-state index in [-0.39, 0.29) is 23.8 Å². The van der Waals surface area contributed by atoms with Crippen LogP contribution in [0.15, 0.2) is 34.0 Å². The van der Waals surface area contributed by atoms with Crippen molar-refractivity contribution in [2.45, 2.75) is 18.4 Å². The number of benzene rings is 1. The van der Waals surface area contributed by atoms with Crippen molar-refractivity contribution in [1.29, 1.82) is 0 Å². The van der Waals surface area contributed by atoms with Crippen molar-refractivity contribution < 1.29 is 12.9 Å². The Morgan fingerprint density at radius 3 is 2.86 bits per heavy atom. The molecule has 0 aliphatic heterocycles. The summed E-state index contributed by atoms with van der Waals surface area (Å²) < 4.78 is 31.2. The lowest BCUT2D eigenvalue weighted by atomic mass is 10.1. The minimum Gasteiger partial charge on any atom is -0.343 e. The number of hydrogen-bond donors (Lipinski definition) is 2. The third-order valence-electron chi connectivity index (χ3n) is 2.66. The fourth-order valence-electron chi connectivity index (χ4n) is 1.60. The summed E-state index contributed by atoms with van der Waals surface area (Å²) in [6, 6.07) is 4.70. The van der Waals surface area contributed by atoms with Crippen LogP contribution >= 0.6 is 0 Å². The molecule has 0 amide bonds. The molecular weight excluding hydrogens is 292 g/mol. The summed E-state index contributed by atoms with van der Waals surface area (Å²) in [5.74, 6) is 5.88. The zero-order valence-corrected chi connectivity index (χ0v) is 12.1. The van der Waals surface area contributed by atoms with Crippen LogP contribution in [0.3, 0.4) is 0 Å². The van der Waals surface area contributed by atoms with E-state index in [0.29, 0.717) is 0 Å². The van der Waals surface area contributed by atoms with Crippen molar-refractivity contribution >= 4 is 10.0 Å². The highest BCUT2D eigenvalue weighted by molar-refractivity contribution is 7.89. The van der Waals surface area contributed by atoms with Crippen LogP contribution in [0, 0.1) is 18.8 Å². The lowest BCUT2D eigenvalue weighted by Crippen LogP contribution is -2.24. The van der Waals surface area contributed by atoms with Crippen molar-refractivity contribution in [3.63, 3.8) is 0 Å². The van der Waals surface area contributed by atoms with Gasteiger partial charge in [-0.3, -0.25) is 0 Å². The number of rotatable bonds is 4. The number of nitrogens with zero attached hydrogens (tertiary/aromatic N) is 2. The molecule has 2 aromatic rings. The molecule has 0 aliphatic rings. The van der Waals surface area contributed by atoms with Crippen molar-refractivity contribution in [2.75, 3.05) is 6.54 Å². The van der Waals surface area contributed by atoms with Gasteiger partial charge in [0.1, 0.15) is 0 Å². The van der Waals surface area contributed by atoms with Gasteiger partial charge in [0.15, 0.2) is 5.82 Å². The Morgan fingerprint density at radius 1 is 1.43 bits per heavy atom. The summed E-state index contributed by atoms with van der Waals surface area (Å²) in [5, 5.41) is 3.54. The third-order valence-corrected chi connectivity index (χ3v) is 4.06. The van der Waals surface area contributed by atoms with Crippen LogP contribution in [-0.2, 0) is 16.6 Å². The maximum Gasteiger partial charge on any atom is 0.240 e. The Bertz CT molecular complexity index is 773. The monoisotopic (exact) mass is 306 g/mol. The molecule has 7 nitrogen and oxygen atoms in total. The van der Waals surface area contributed by atoms with E-state index < -0.39 is 10.0 Å². The fourth-order valence-corrected chi connectivity index (χ4v) is 2.67. The summed E-state index contributed by atoms with van der Waals surface area (Å²) in [6.07, 6.45) is 1.14. The van der Waals surface area contributed by atoms with Gasteiger partial charge in [-0.25, -0.2) is 13.1 Å². The molecule has 0 aliphatic carbocycles. The molecule has 0 spiro atoms. The lowest BCUT2D eigenvalue weighted by molar-refractivity contribution is 0.409. The first-order chi connectivity index (χ1) is 10.0. The topological polar surface area (TPSA) is 111 Å². The maximum atomic E-state index is 12.2. The normalized spacial score (nSPS) is 11.0. The predicted octanol–water partition coefficient (Wildman–Crippen LogP) is 0.167. The van der Waals surface area contributed by atoms with Gasteiger partial charge < -0.3 is 10.3 Å². The van der Waals surface area contributed by atoms with Gasteiger partial charge >= 0.3 is 0 Å². The average Bonchev–Trinajstić information content (AvgIpc) is 2.97. The highest BCUT2D eigenvalue weighted by Gasteiger charge is 2.15. The number of aromatic nitrogens is 2. The predicted molar refractivity (Wildman–Crippen MR) is 75.4 cm³/mol. The van der Waals surface area contributed by atoms with Gasteiger partial charge in [0.05, 0.1) is 18.0 Å². The van der Waals surface area contributed by atoms with Gasteiger partial charge in [0.2, 0.25) is 16.4 Å². The largest absolute Gasteiger partial charge is 0.343 e. The Kier molecular flexibility index (Phi) is 4.70. The Balaban J connectivity index is 2.18. The molecule has 0 unspecified atom stereocenters. The summed E-state index contributed by atoms with van der Waals surface area (Å²) in [4.78, 5) is 3.90. The Hall–Kier alpha value is -2.21. The van der Waals surface area contributed by atoms with E-state index in [1.54, 1.807) is 19.1 Å². The standard InChI is InChI=1S/C13H14N4O3S/c1-10-7-12(5-4-11(10)3-2-6-14)21(18,19)16-8-13-15-9-20-17-13/h4-5,7,9,16H,6,8,14H2,1H3. The molecule has 3 N–H and O–H groups in total. The van der Waals surface area contributed by atoms with Crippen LogP contribution < -0.4 is 10.5 Å². The zero-order valence-electron chi connectivity index (χ0n) is 11.3. The first-order valence-electron chi connectivity index (χ1n) is 6.07. The molecule has 21 heavy (non-hydrogen) atoms. The van der Waals surface area contributed by atoms with Gasteiger partial charge in [-0.15, -0.1) is 0 Å². The Labute approximate surface area is 122 Å². The van der Waals surface area contributed by atoms with E-state index >= 15 is 0 Å². The molecule has 0 atom stereocenters. The Morgan fingerprint density at radius 2 is 2.24 bits per heavy atom. The van der Waals surface area contributed by atoms with Gasteiger partial charge in [0.25, 0.3) is 0 Å². The molecule has 0 bridgehead atoms. The van der Waals surface area contributed by atoms with E-state index in [9.17, 15) is 8.42 Å². The maximum absolute atomic E-state index is 12.2. The fraction of sp³-hybridized carbons (Fsp3) is 0.231. The van der Waals surface area contributed by atoms with Gasteiger partial charge in [-0.2, -0.15) is 4.98 Å².